The number of Topliss-reactive ketones (excluding diaryl/α,β-unsaturated/α-hetero) is 3. The molecule has 9 unspecified atom stereocenters. The molecule has 0 heterocycles. The number of aliphatic hydroxyl groups excluding tert-OH is 4. The van der Waals surface area contributed by atoms with Gasteiger partial charge in [-0.25, -0.2) is 0 Å². The summed E-state index contributed by atoms with van der Waals surface area (Å²) in [5, 5.41) is 53.9. The van der Waals surface area contributed by atoms with Crippen molar-refractivity contribution in [3.05, 3.63) is 12.2 Å². The number of aliphatic hydroxyl groups is 5. The highest BCUT2D eigenvalue weighted by molar-refractivity contribution is 6.03. The quantitative estimate of drug-likeness (QED) is 0.281. The first-order valence-corrected chi connectivity index (χ1v) is 10.7. The summed E-state index contributed by atoms with van der Waals surface area (Å²) in [4.78, 5) is 37.8. The molecule has 4 aliphatic carbocycles. The third kappa shape index (κ3) is 2.88. The number of hydrogen-bond acceptors (Lipinski definition) is 8. The molecule has 5 N–H and O–H groups in total. The van der Waals surface area contributed by atoms with E-state index >= 15 is 0 Å². The highest BCUT2D eigenvalue weighted by Crippen LogP contribution is 2.56. The second-order valence-corrected chi connectivity index (χ2v) is 9.78. The van der Waals surface area contributed by atoms with Gasteiger partial charge < -0.3 is 25.5 Å². The molecule has 8 nitrogen and oxygen atoms in total. The Morgan fingerprint density at radius 3 is 2.37 bits per heavy atom. The normalized spacial score (nSPS) is 51.6. The fraction of sp³-hybridized carbons (Fsp3) is 0.773. The summed E-state index contributed by atoms with van der Waals surface area (Å²) in [6.07, 6.45) is -1.45. The summed E-state index contributed by atoms with van der Waals surface area (Å²) in [6.45, 7) is 2.79. The van der Waals surface area contributed by atoms with Crippen LogP contribution in [0.5, 0.6) is 0 Å². The van der Waals surface area contributed by atoms with Crippen molar-refractivity contribution in [2.45, 2.75) is 63.1 Å². The first-order chi connectivity index (χ1) is 14.0. The fourth-order valence-corrected chi connectivity index (χ4v) is 6.81. The molecule has 4 rings (SSSR count). The van der Waals surface area contributed by atoms with Crippen molar-refractivity contribution in [2.24, 2.45) is 41.4 Å². The van der Waals surface area contributed by atoms with Crippen LogP contribution < -0.4 is 0 Å². The Morgan fingerprint density at radius 2 is 1.77 bits per heavy atom. The topological polar surface area (TPSA) is 152 Å². The molecule has 0 spiro atoms. The zero-order valence-electron chi connectivity index (χ0n) is 17.1. The van der Waals surface area contributed by atoms with Crippen molar-refractivity contribution in [2.75, 3.05) is 0 Å². The van der Waals surface area contributed by atoms with E-state index in [0.717, 1.165) is 6.92 Å². The van der Waals surface area contributed by atoms with Crippen molar-refractivity contribution >= 4 is 17.3 Å². The summed E-state index contributed by atoms with van der Waals surface area (Å²) in [7, 11) is 0. The van der Waals surface area contributed by atoms with Gasteiger partial charge in [-0.05, 0) is 44.4 Å². The van der Waals surface area contributed by atoms with Crippen molar-refractivity contribution in [1.82, 2.24) is 0 Å². The van der Waals surface area contributed by atoms with E-state index in [0.29, 0.717) is 6.42 Å². The molecule has 0 aliphatic heterocycles. The van der Waals surface area contributed by atoms with Crippen LogP contribution in [0.3, 0.4) is 0 Å². The van der Waals surface area contributed by atoms with E-state index in [1.54, 1.807) is 13.0 Å². The van der Waals surface area contributed by atoms with E-state index in [4.69, 9.17) is 0 Å². The standard InChI is InChI=1S/C22H30O8/c1-8(23)12-3-4-14(25)18-13(12)6-10-5-11-7-15(26)16(9(2)24)20(28)22(11,30)21(29)17(10)19(18)27/h3-4,8,10-14,16-18,20-21,23,25,28-30H,5-7H2,1-2H3/t8?,10-,11+,12?,13?,14?,16?,17?,18?,20?,21?,22-/m1/s1. The molecule has 8 heteroatoms. The van der Waals surface area contributed by atoms with E-state index in [9.17, 15) is 39.9 Å². The maximum Gasteiger partial charge on any atom is 0.146 e. The third-order valence-corrected chi connectivity index (χ3v) is 8.23. The molecule has 0 aromatic carbocycles. The maximum absolute atomic E-state index is 13.4. The van der Waals surface area contributed by atoms with Crippen LogP contribution in [0, 0.1) is 41.4 Å². The molecule has 4 aliphatic rings. The van der Waals surface area contributed by atoms with Crippen LogP contribution in [-0.2, 0) is 14.4 Å². The van der Waals surface area contributed by atoms with Gasteiger partial charge in [0.2, 0.25) is 0 Å². The lowest BCUT2D eigenvalue weighted by atomic mass is 9.49. The minimum Gasteiger partial charge on any atom is -0.393 e. The van der Waals surface area contributed by atoms with Crippen molar-refractivity contribution in [3.8, 4) is 0 Å². The van der Waals surface area contributed by atoms with Gasteiger partial charge in [0.15, 0.2) is 0 Å². The van der Waals surface area contributed by atoms with Gasteiger partial charge in [0.25, 0.3) is 0 Å². The van der Waals surface area contributed by atoms with Gasteiger partial charge in [-0.3, -0.25) is 14.4 Å². The smallest absolute Gasteiger partial charge is 0.146 e. The monoisotopic (exact) mass is 422 g/mol. The molecule has 0 saturated heterocycles. The Kier molecular flexibility index (Phi) is 5.30. The number of ketones is 3. The molecule has 0 aromatic rings. The number of hydrogen-bond donors (Lipinski definition) is 5. The molecule has 3 saturated carbocycles. The average Bonchev–Trinajstić information content (AvgIpc) is 2.64. The van der Waals surface area contributed by atoms with Crippen LogP contribution >= 0.6 is 0 Å². The maximum atomic E-state index is 13.4. The predicted octanol–water partition coefficient (Wildman–Crippen LogP) is -0.997. The molecule has 30 heavy (non-hydrogen) atoms. The molecular weight excluding hydrogens is 392 g/mol. The third-order valence-electron chi connectivity index (χ3n) is 8.23. The number of rotatable bonds is 2. The summed E-state index contributed by atoms with van der Waals surface area (Å²) in [5.41, 5.74) is -2.15. The number of carbonyl (C=O) groups excluding carboxylic acids is 3. The van der Waals surface area contributed by atoms with E-state index in [1.807, 2.05) is 0 Å². The summed E-state index contributed by atoms with van der Waals surface area (Å²) in [6, 6.07) is 0. The second-order valence-electron chi connectivity index (χ2n) is 9.78. The SMILES string of the molecule is CC(=O)C1C(=O)C[C@@H]2C[C@@H]3CC4C(C(C)O)C=CC(O)C4C(=O)C3C(O)[C@]2(O)C1O. The zero-order chi connectivity index (χ0) is 22.1. The van der Waals surface area contributed by atoms with Gasteiger partial charge in [-0.15, -0.1) is 0 Å². The molecule has 0 amide bonds. The summed E-state index contributed by atoms with van der Waals surface area (Å²) >= 11 is 0. The first-order valence-electron chi connectivity index (χ1n) is 10.7. The lowest BCUT2D eigenvalue weighted by molar-refractivity contribution is -0.246. The van der Waals surface area contributed by atoms with E-state index < -0.39 is 71.0 Å². The Labute approximate surface area is 174 Å². The van der Waals surface area contributed by atoms with Gasteiger partial charge in [0, 0.05) is 18.3 Å². The van der Waals surface area contributed by atoms with E-state index in [1.165, 1.54) is 6.08 Å². The molecule has 0 bridgehead atoms. The van der Waals surface area contributed by atoms with Crippen molar-refractivity contribution in [1.29, 1.82) is 0 Å². The van der Waals surface area contributed by atoms with Gasteiger partial charge in [-0.2, -0.15) is 0 Å². The number of fused-ring (bicyclic) bond motifs is 3. The lowest BCUT2D eigenvalue weighted by Crippen LogP contribution is -2.72. The lowest BCUT2D eigenvalue weighted by Gasteiger charge is -2.58. The zero-order valence-corrected chi connectivity index (χ0v) is 17.1. The highest BCUT2D eigenvalue weighted by Gasteiger charge is 2.66. The van der Waals surface area contributed by atoms with E-state index in [2.05, 4.69) is 0 Å². The van der Waals surface area contributed by atoms with Gasteiger partial charge in [0.05, 0.1) is 24.2 Å². The van der Waals surface area contributed by atoms with Crippen molar-refractivity contribution in [3.63, 3.8) is 0 Å². The van der Waals surface area contributed by atoms with Crippen LogP contribution in [-0.4, -0.2) is 72.9 Å². The second kappa shape index (κ2) is 7.31. The van der Waals surface area contributed by atoms with Gasteiger partial charge >= 0.3 is 0 Å². The largest absolute Gasteiger partial charge is 0.393 e. The Bertz CT molecular complexity index is 790. The molecule has 12 atom stereocenters. The van der Waals surface area contributed by atoms with Crippen LogP contribution in [0.15, 0.2) is 12.2 Å². The summed E-state index contributed by atoms with van der Waals surface area (Å²) in [5.74, 6) is -6.47. The van der Waals surface area contributed by atoms with Crippen LogP contribution in [0.1, 0.15) is 33.1 Å². The highest BCUT2D eigenvalue weighted by atomic mass is 16.4. The average molecular weight is 422 g/mol. The summed E-state index contributed by atoms with van der Waals surface area (Å²) < 4.78 is 0. The molecule has 3 fully saturated rings. The molecule has 166 valence electrons. The number of carbonyl (C=O) groups is 3. The van der Waals surface area contributed by atoms with Crippen LogP contribution in [0.4, 0.5) is 0 Å². The van der Waals surface area contributed by atoms with Gasteiger partial charge in [0.1, 0.15) is 35.0 Å². The van der Waals surface area contributed by atoms with Crippen LogP contribution in [0.2, 0.25) is 0 Å². The minimum atomic E-state index is -2.15. The Morgan fingerprint density at radius 1 is 1.10 bits per heavy atom. The first kappa shape index (κ1) is 21.8. The molecule has 0 aromatic heterocycles. The van der Waals surface area contributed by atoms with Crippen LogP contribution in [0.25, 0.3) is 0 Å². The van der Waals surface area contributed by atoms with Crippen molar-refractivity contribution < 1.29 is 39.9 Å². The molecule has 0 radical (unpaired) electrons. The predicted molar refractivity (Wildman–Crippen MR) is 103 cm³/mol. The van der Waals surface area contributed by atoms with Gasteiger partial charge in [-0.1, -0.05) is 12.2 Å². The molecular formula is C22H30O8. The minimum absolute atomic E-state index is 0.150. The van der Waals surface area contributed by atoms with E-state index in [-0.39, 0.29) is 30.6 Å². The Hall–Kier alpha value is -1.45. The Balaban J connectivity index is 1.71. The fourth-order valence-electron chi connectivity index (χ4n) is 6.81.